The summed E-state index contributed by atoms with van der Waals surface area (Å²) in [5, 5.41) is 12.5. The summed E-state index contributed by atoms with van der Waals surface area (Å²) >= 11 is 0. The van der Waals surface area contributed by atoms with Crippen molar-refractivity contribution in [2.24, 2.45) is 0 Å². The normalized spacial score (nSPS) is 23.6. The van der Waals surface area contributed by atoms with E-state index in [9.17, 15) is 9.90 Å². The summed E-state index contributed by atoms with van der Waals surface area (Å²) in [5.74, 6) is -0.00106. The molecule has 1 aromatic rings. The molecule has 17 heavy (non-hydrogen) atoms. The molecule has 2 rings (SSSR count). The van der Waals surface area contributed by atoms with Crippen molar-refractivity contribution in [1.82, 2.24) is 5.32 Å². The highest BCUT2D eigenvalue weighted by molar-refractivity contribution is 5.79. The summed E-state index contributed by atoms with van der Waals surface area (Å²) in [6.45, 7) is 0.774. The Morgan fingerprint density at radius 1 is 1.59 bits per heavy atom. The van der Waals surface area contributed by atoms with Gasteiger partial charge in [-0.25, -0.2) is 0 Å². The molecule has 92 valence electrons. The SMILES string of the molecule is COc1cccc(CC2(C(=O)O)CCCN2)c1. The third kappa shape index (κ3) is 2.42. The van der Waals surface area contributed by atoms with Gasteiger partial charge in [-0.1, -0.05) is 12.1 Å². The molecular weight excluding hydrogens is 218 g/mol. The minimum absolute atomic E-state index is 0.500. The molecule has 1 aromatic carbocycles. The van der Waals surface area contributed by atoms with Crippen molar-refractivity contribution in [1.29, 1.82) is 0 Å². The van der Waals surface area contributed by atoms with Gasteiger partial charge in [-0.15, -0.1) is 0 Å². The van der Waals surface area contributed by atoms with E-state index in [1.54, 1.807) is 7.11 Å². The molecule has 1 aliphatic heterocycles. The van der Waals surface area contributed by atoms with Gasteiger partial charge in [0.2, 0.25) is 0 Å². The lowest BCUT2D eigenvalue weighted by Crippen LogP contribution is -2.49. The number of methoxy groups -OCH3 is 1. The van der Waals surface area contributed by atoms with Gasteiger partial charge in [0.1, 0.15) is 11.3 Å². The monoisotopic (exact) mass is 235 g/mol. The Labute approximate surface area is 101 Å². The number of aliphatic carboxylic acids is 1. The predicted molar refractivity (Wildman–Crippen MR) is 64.3 cm³/mol. The zero-order valence-corrected chi connectivity index (χ0v) is 9.90. The number of nitrogens with one attached hydrogen (secondary N) is 1. The second-order valence-electron chi connectivity index (χ2n) is 4.45. The molecule has 0 amide bonds. The van der Waals surface area contributed by atoms with E-state index in [0.29, 0.717) is 12.8 Å². The predicted octanol–water partition coefficient (Wildman–Crippen LogP) is 1.44. The molecule has 1 atom stereocenters. The van der Waals surface area contributed by atoms with Gasteiger partial charge in [-0.2, -0.15) is 0 Å². The number of carboxylic acid groups (broad SMARTS) is 1. The van der Waals surface area contributed by atoms with Gasteiger partial charge in [0, 0.05) is 6.42 Å². The van der Waals surface area contributed by atoms with Crippen LogP contribution in [0.2, 0.25) is 0 Å². The maximum absolute atomic E-state index is 11.4. The molecule has 1 heterocycles. The van der Waals surface area contributed by atoms with Crippen molar-refractivity contribution in [2.45, 2.75) is 24.8 Å². The van der Waals surface area contributed by atoms with E-state index in [4.69, 9.17) is 4.74 Å². The standard InChI is InChI=1S/C13H17NO3/c1-17-11-5-2-4-10(8-11)9-13(12(15)16)6-3-7-14-13/h2,4-5,8,14H,3,6-7,9H2,1H3,(H,15,16). The maximum atomic E-state index is 11.4. The Balaban J connectivity index is 2.20. The first-order valence-corrected chi connectivity index (χ1v) is 5.78. The van der Waals surface area contributed by atoms with Crippen LogP contribution < -0.4 is 10.1 Å². The zero-order chi connectivity index (χ0) is 12.3. The molecule has 2 N–H and O–H groups in total. The molecule has 1 unspecified atom stereocenters. The lowest BCUT2D eigenvalue weighted by atomic mass is 9.89. The topological polar surface area (TPSA) is 58.6 Å². The van der Waals surface area contributed by atoms with Gasteiger partial charge in [-0.3, -0.25) is 4.79 Å². The fraction of sp³-hybridized carbons (Fsp3) is 0.462. The Morgan fingerprint density at radius 3 is 3.00 bits per heavy atom. The van der Waals surface area contributed by atoms with Gasteiger partial charge < -0.3 is 15.2 Å². The summed E-state index contributed by atoms with van der Waals surface area (Å²) in [6.07, 6.45) is 2.09. The molecule has 0 radical (unpaired) electrons. The summed E-state index contributed by atoms with van der Waals surface area (Å²) in [7, 11) is 1.61. The smallest absolute Gasteiger partial charge is 0.324 e. The maximum Gasteiger partial charge on any atom is 0.324 e. The molecule has 0 aliphatic carbocycles. The number of benzene rings is 1. The van der Waals surface area contributed by atoms with E-state index in [0.717, 1.165) is 24.3 Å². The summed E-state index contributed by atoms with van der Waals surface area (Å²) in [4.78, 5) is 11.4. The Kier molecular flexibility index (Phi) is 3.33. The minimum atomic E-state index is -0.799. The third-order valence-electron chi connectivity index (χ3n) is 3.29. The van der Waals surface area contributed by atoms with E-state index in [-0.39, 0.29) is 0 Å². The lowest BCUT2D eigenvalue weighted by Gasteiger charge is -2.24. The van der Waals surface area contributed by atoms with Crippen molar-refractivity contribution in [3.05, 3.63) is 29.8 Å². The first-order chi connectivity index (χ1) is 8.16. The number of hydrogen-bond donors (Lipinski definition) is 2. The van der Waals surface area contributed by atoms with Crippen molar-refractivity contribution < 1.29 is 14.6 Å². The second-order valence-corrected chi connectivity index (χ2v) is 4.45. The van der Waals surface area contributed by atoms with Crippen LogP contribution in [-0.4, -0.2) is 30.3 Å². The van der Waals surface area contributed by atoms with Crippen LogP contribution in [0, 0.1) is 0 Å². The fourth-order valence-electron chi connectivity index (χ4n) is 2.35. The van der Waals surface area contributed by atoms with Crippen LogP contribution >= 0.6 is 0 Å². The molecule has 0 bridgehead atoms. The van der Waals surface area contributed by atoms with Crippen LogP contribution in [-0.2, 0) is 11.2 Å². The lowest BCUT2D eigenvalue weighted by molar-refractivity contribution is -0.144. The first-order valence-electron chi connectivity index (χ1n) is 5.78. The van der Waals surface area contributed by atoms with Crippen LogP contribution in [0.3, 0.4) is 0 Å². The van der Waals surface area contributed by atoms with Gasteiger partial charge in [-0.05, 0) is 37.1 Å². The highest BCUT2D eigenvalue weighted by Gasteiger charge is 2.40. The summed E-state index contributed by atoms with van der Waals surface area (Å²) in [5.41, 5.74) is 0.188. The van der Waals surface area contributed by atoms with E-state index in [1.807, 2.05) is 24.3 Å². The minimum Gasteiger partial charge on any atom is -0.497 e. The molecule has 4 nitrogen and oxygen atoms in total. The third-order valence-corrected chi connectivity index (χ3v) is 3.29. The zero-order valence-electron chi connectivity index (χ0n) is 9.90. The van der Waals surface area contributed by atoms with E-state index in [2.05, 4.69) is 5.32 Å². The van der Waals surface area contributed by atoms with E-state index < -0.39 is 11.5 Å². The number of carbonyl (C=O) groups is 1. The van der Waals surface area contributed by atoms with Crippen molar-refractivity contribution >= 4 is 5.97 Å². The van der Waals surface area contributed by atoms with E-state index in [1.165, 1.54) is 0 Å². The van der Waals surface area contributed by atoms with Crippen LogP contribution in [0.5, 0.6) is 5.75 Å². The molecule has 1 saturated heterocycles. The quantitative estimate of drug-likeness (QED) is 0.829. The molecule has 4 heteroatoms. The Bertz CT molecular complexity index is 411. The van der Waals surface area contributed by atoms with E-state index >= 15 is 0 Å². The molecule has 1 aliphatic rings. The van der Waals surface area contributed by atoms with Crippen molar-refractivity contribution in [3.8, 4) is 5.75 Å². The highest BCUT2D eigenvalue weighted by Crippen LogP contribution is 2.26. The average Bonchev–Trinajstić information content (AvgIpc) is 2.79. The Hall–Kier alpha value is -1.55. The number of rotatable bonds is 4. The molecule has 0 aromatic heterocycles. The van der Waals surface area contributed by atoms with Crippen LogP contribution in [0.15, 0.2) is 24.3 Å². The summed E-state index contributed by atoms with van der Waals surface area (Å²) < 4.78 is 5.14. The number of ether oxygens (including phenoxy) is 1. The number of hydrogen-bond acceptors (Lipinski definition) is 3. The molecular formula is C13H17NO3. The van der Waals surface area contributed by atoms with Crippen LogP contribution in [0.1, 0.15) is 18.4 Å². The van der Waals surface area contributed by atoms with Crippen LogP contribution in [0.25, 0.3) is 0 Å². The first kappa shape index (κ1) is 11.9. The number of carboxylic acids is 1. The largest absolute Gasteiger partial charge is 0.497 e. The van der Waals surface area contributed by atoms with Crippen LogP contribution in [0.4, 0.5) is 0 Å². The van der Waals surface area contributed by atoms with Gasteiger partial charge >= 0.3 is 5.97 Å². The van der Waals surface area contributed by atoms with Gasteiger partial charge in [0.15, 0.2) is 0 Å². The van der Waals surface area contributed by atoms with Gasteiger partial charge in [0.25, 0.3) is 0 Å². The average molecular weight is 235 g/mol. The Morgan fingerprint density at radius 2 is 2.41 bits per heavy atom. The second kappa shape index (κ2) is 4.75. The summed E-state index contributed by atoms with van der Waals surface area (Å²) in [6, 6.07) is 7.58. The molecule has 0 spiro atoms. The fourth-order valence-corrected chi connectivity index (χ4v) is 2.35. The van der Waals surface area contributed by atoms with Gasteiger partial charge in [0.05, 0.1) is 7.11 Å². The molecule has 1 fully saturated rings. The molecule has 0 saturated carbocycles. The van der Waals surface area contributed by atoms with Crippen molar-refractivity contribution in [3.63, 3.8) is 0 Å². The highest BCUT2D eigenvalue weighted by atomic mass is 16.5. The van der Waals surface area contributed by atoms with Crippen molar-refractivity contribution in [2.75, 3.05) is 13.7 Å².